The molecule has 3 aromatic rings. The molecule has 5 nitrogen and oxygen atoms in total. The Morgan fingerprint density at radius 2 is 1.58 bits per heavy atom. The van der Waals surface area contributed by atoms with Gasteiger partial charge in [0.1, 0.15) is 17.3 Å². The number of rotatable bonds is 5. The van der Waals surface area contributed by atoms with Gasteiger partial charge in [-0.25, -0.2) is 9.29 Å². The Morgan fingerprint density at radius 3 is 2.26 bits per heavy atom. The van der Waals surface area contributed by atoms with Crippen molar-refractivity contribution >= 4 is 28.8 Å². The second-order valence-corrected chi connectivity index (χ2v) is 7.25. The maximum Gasteiger partial charge on any atom is 0.282 e. The lowest BCUT2D eigenvalue weighted by Gasteiger charge is -2.16. The summed E-state index contributed by atoms with van der Waals surface area (Å²) in [5, 5.41) is 3.14. The molecular formula is C25H21FN2O3. The van der Waals surface area contributed by atoms with Crippen LogP contribution < -0.4 is 15.0 Å². The lowest BCUT2D eigenvalue weighted by Crippen LogP contribution is -2.33. The zero-order valence-corrected chi connectivity index (χ0v) is 17.4. The number of carbonyl (C=O) groups excluding carboxylic acids is 2. The number of hydrogen-bond donors (Lipinski definition) is 1. The number of nitrogens with one attached hydrogen (secondary N) is 1. The second-order valence-electron chi connectivity index (χ2n) is 7.25. The third-order valence-corrected chi connectivity index (χ3v) is 5.42. The molecule has 31 heavy (non-hydrogen) atoms. The van der Waals surface area contributed by atoms with Crippen LogP contribution in [0.3, 0.4) is 0 Å². The van der Waals surface area contributed by atoms with E-state index in [4.69, 9.17) is 4.74 Å². The lowest BCUT2D eigenvalue weighted by molar-refractivity contribution is -0.120. The van der Waals surface area contributed by atoms with Gasteiger partial charge in [-0.15, -0.1) is 0 Å². The van der Waals surface area contributed by atoms with E-state index in [9.17, 15) is 14.0 Å². The van der Waals surface area contributed by atoms with Gasteiger partial charge in [0.15, 0.2) is 0 Å². The van der Waals surface area contributed by atoms with Crippen LogP contribution in [0.15, 0.2) is 72.4 Å². The molecule has 4 rings (SSSR count). The van der Waals surface area contributed by atoms with Crippen molar-refractivity contribution in [2.24, 2.45) is 0 Å². The van der Waals surface area contributed by atoms with E-state index in [1.807, 2.05) is 32.0 Å². The van der Waals surface area contributed by atoms with E-state index in [0.29, 0.717) is 17.0 Å². The summed E-state index contributed by atoms with van der Waals surface area (Å²) in [5.41, 5.74) is 3.43. The Bertz CT molecular complexity index is 1220. The highest BCUT2D eigenvalue weighted by molar-refractivity contribution is 6.46. The Labute approximate surface area is 179 Å². The van der Waals surface area contributed by atoms with Gasteiger partial charge in [-0.2, -0.15) is 0 Å². The SMILES string of the molecule is COc1ccc(C2=C(Nc3cccc(C)c3C)C(=O)N(c3ccccc3F)C2=O)cc1. The Balaban J connectivity index is 1.86. The van der Waals surface area contributed by atoms with Gasteiger partial charge in [0, 0.05) is 5.69 Å². The molecule has 1 aliphatic heterocycles. The summed E-state index contributed by atoms with van der Waals surface area (Å²) in [6.07, 6.45) is 0. The molecule has 0 atom stereocenters. The average Bonchev–Trinajstić information content (AvgIpc) is 3.01. The van der Waals surface area contributed by atoms with Crippen molar-refractivity contribution in [1.29, 1.82) is 0 Å². The molecule has 0 bridgehead atoms. The van der Waals surface area contributed by atoms with Crippen LogP contribution in [0.5, 0.6) is 5.75 Å². The highest BCUT2D eigenvalue weighted by Gasteiger charge is 2.41. The molecule has 2 amide bonds. The number of ether oxygens (including phenoxy) is 1. The summed E-state index contributed by atoms with van der Waals surface area (Å²) >= 11 is 0. The van der Waals surface area contributed by atoms with E-state index >= 15 is 0 Å². The van der Waals surface area contributed by atoms with Gasteiger partial charge in [-0.3, -0.25) is 9.59 Å². The minimum absolute atomic E-state index is 0.0822. The van der Waals surface area contributed by atoms with E-state index in [1.165, 1.54) is 18.2 Å². The van der Waals surface area contributed by atoms with Crippen molar-refractivity contribution in [2.75, 3.05) is 17.3 Å². The third-order valence-electron chi connectivity index (χ3n) is 5.42. The zero-order valence-electron chi connectivity index (χ0n) is 17.4. The van der Waals surface area contributed by atoms with Crippen LogP contribution in [0, 0.1) is 19.7 Å². The molecule has 0 radical (unpaired) electrons. The van der Waals surface area contributed by atoms with E-state index < -0.39 is 17.6 Å². The summed E-state index contributed by atoms with van der Waals surface area (Å²) in [5.74, 6) is -1.22. The summed E-state index contributed by atoms with van der Waals surface area (Å²) in [4.78, 5) is 27.6. The smallest absolute Gasteiger partial charge is 0.282 e. The third kappa shape index (κ3) is 3.57. The van der Waals surface area contributed by atoms with Crippen molar-refractivity contribution in [2.45, 2.75) is 13.8 Å². The molecule has 156 valence electrons. The quantitative estimate of drug-likeness (QED) is 0.604. The van der Waals surface area contributed by atoms with E-state index in [-0.39, 0.29) is 17.0 Å². The number of anilines is 2. The highest BCUT2D eigenvalue weighted by Crippen LogP contribution is 2.35. The predicted octanol–water partition coefficient (Wildman–Crippen LogP) is 4.85. The molecular weight excluding hydrogens is 395 g/mol. The van der Waals surface area contributed by atoms with Crippen molar-refractivity contribution in [3.63, 3.8) is 0 Å². The topological polar surface area (TPSA) is 58.6 Å². The fourth-order valence-corrected chi connectivity index (χ4v) is 3.54. The summed E-state index contributed by atoms with van der Waals surface area (Å²) in [7, 11) is 1.55. The summed E-state index contributed by atoms with van der Waals surface area (Å²) < 4.78 is 19.7. The first-order valence-electron chi connectivity index (χ1n) is 9.77. The fourth-order valence-electron chi connectivity index (χ4n) is 3.54. The molecule has 0 fully saturated rings. The number of halogens is 1. The van der Waals surface area contributed by atoms with Crippen molar-refractivity contribution in [1.82, 2.24) is 0 Å². The number of amides is 2. The van der Waals surface area contributed by atoms with Crippen molar-refractivity contribution < 1.29 is 18.7 Å². The van der Waals surface area contributed by atoms with Gasteiger partial charge >= 0.3 is 0 Å². The maximum atomic E-state index is 14.5. The number of nitrogens with zero attached hydrogens (tertiary/aromatic N) is 1. The van der Waals surface area contributed by atoms with Gasteiger partial charge in [0.2, 0.25) is 0 Å². The number of para-hydroxylation sites is 1. The van der Waals surface area contributed by atoms with Crippen LogP contribution in [-0.4, -0.2) is 18.9 Å². The minimum atomic E-state index is -0.647. The van der Waals surface area contributed by atoms with Gasteiger partial charge in [-0.05, 0) is 60.9 Å². The van der Waals surface area contributed by atoms with Gasteiger partial charge in [0.05, 0.1) is 18.4 Å². The normalized spacial score (nSPS) is 13.7. The van der Waals surface area contributed by atoms with E-state index in [2.05, 4.69) is 5.32 Å². The lowest BCUT2D eigenvalue weighted by atomic mass is 10.0. The van der Waals surface area contributed by atoms with Crippen LogP contribution in [-0.2, 0) is 9.59 Å². The number of aryl methyl sites for hydroxylation is 1. The molecule has 6 heteroatoms. The van der Waals surface area contributed by atoms with Gasteiger partial charge < -0.3 is 10.1 Å². The first kappa shape index (κ1) is 20.3. The van der Waals surface area contributed by atoms with Crippen LogP contribution in [0.1, 0.15) is 16.7 Å². The average molecular weight is 416 g/mol. The fraction of sp³-hybridized carbons (Fsp3) is 0.120. The molecule has 0 unspecified atom stereocenters. The van der Waals surface area contributed by atoms with Crippen LogP contribution in [0.25, 0.3) is 5.57 Å². The summed E-state index contributed by atoms with van der Waals surface area (Å²) in [6.45, 7) is 3.90. The first-order chi connectivity index (χ1) is 14.9. The maximum absolute atomic E-state index is 14.5. The van der Waals surface area contributed by atoms with Gasteiger partial charge in [-0.1, -0.05) is 36.4 Å². The molecule has 0 spiro atoms. The Hall–Kier alpha value is -3.93. The number of hydrogen-bond acceptors (Lipinski definition) is 4. The summed E-state index contributed by atoms with van der Waals surface area (Å²) in [6, 6.07) is 18.2. The monoisotopic (exact) mass is 416 g/mol. The molecule has 1 aliphatic rings. The zero-order chi connectivity index (χ0) is 22.1. The van der Waals surface area contributed by atoms with E-state index in [0.717, 1.165) is 16.0 Å². The number of methoxy groups -OCH3 is 1. The molecule has 0 aromatic heterocycles. The standard InChI is InChI=1S/C25H21FN2O3/c1-15-7-6-9-20(16(15)2)27-23-22(17-11-13-18(31-3)14-12-17)24(29)28(25(23)30)21-10-5-4-8-19(21)26/h4-14,27H,1-3H3. The highest BCUT2D eigenvalue weighted by atomic mass is 19.1. The second kappa shape index (κ2) is 8.07. The van der Waals surface area contributed by atoms with Crippen LogP contribution >= 0.6 is 0 Å². The molecule has 1 heterocycles. The molecule has 0 saturated carbocycles. The van der Waals surface area contributed by atoms with E-state index in [1.54, 1.807) is 37.4 Å². The van der Waals surface area contributed by atoms with Crippen LogP contribution in [0.4, 0.5) is 15.8 Å². The Morgan fingerprint density at radius 1 is 0.871 bits per heavy atom. The minimum Gasteiger partial charge on any atom is -0.497 e. The predicted molar refractivity (Wildman–Crippen MR) is 118 cm³/mol. The molecule has 0 saturated heterocycles. The van der Waals surface area contributed by atoms with Gasteiger partial charge in [0.25, 0.3) is 11.8 Å². The van der Waals surface area contributed by atoms with Crippen LogP contribution in [0.2, 0.25) is 0 Å². The van der Waals surface area contributed by atoms with Crippen molar-refractivity contribution in [3.05, 3.63) is 94.9 Å². The van der Waals surface area contributed by atoms with Crippen molar-refractivity contribution in [3.8, 4) is 5.75 Å². The Kier molecular flexibility index (Phi) is 5.29. The molecule has 0 aliphatic carbocycles. The largest absolute Gasteiger partial charge is 0.497 e. The number of imide groups is 1. The molecule has 1 N–H and O–H groups in total. The number of benzene rings is 3. The molecule has 3 aromatic carbocycles. The number of carbonyl (C=O) groups is 2. The first-order valence-corrected chi connectivity index (χ1v) is 9.77.